The third-order valence-electron chi connectivity index (χ3n) is 3.39. The molecule has 0 bridgehead atoms. The summed E-state index contributed by atoms with van der Waals surface area (Å²) in [5.74, 6) is 2.22. The lowest BCUT2D eigenvalue weighted by Gasteiger charge is -2.03. The van der Waals surface area contributed by atoms with Crippen molar-refractivity contribution in [2.24, 2.45) is 5.73 Å². The van der Waals surface area contributed by atoms with Crippen LogP contribution in [0, 0.1) is 0 Å². The van der Waals surface area contributed by atoms with Crippen molar-refractivity contribution in [1.29, 1.82) is 0 Å². The third-order valence-corrected chi connectivity index (χ3v) is 3.39. The molecule has 0 spiro atoms. The van der Waals surface area contributed by atoms with Crippen molar-refractivity contribution in [3.8, 4) is 11.4 Å². The molecule has 1 saturated carbocycles. The number of aromatic amines is 1. The Kier molecular flexibility index (Phi) is 2.65. The van der Waals surface area contributed by atoms with Gasteiger partial charge in [0, 0.05) is 17.5 Å². The maximum Gasteiger partial charge on any atom is 0.181 e. The number of nitrogens with one attached hydrogen (secondary N) is 1. The van der Waals surface area contributed by atoms with E-state index in [-0.39, 0.29) is 0 Å². The van der Waals surface area contributed by atoms with E-state index in [0.717, 1.165) is 36.5 Å². The van der Waals surface area contributed by atoms with E-state index in [0.29, 0.717) is 12.0 Å². The number of benzene rings is 1. The SMILES string of the molecule is N[C@H]1CC[C@@H](c2nc(-c3ccccc3)n[nH]2)C1. The number of aromatic nitrogens is 3. The van der Waals surface area contributed by atoms with Crippen LogP contribution < -0.4 is 5.73 Å². The van der Waals surface area contributed by atoms with Gasteiger partial charge in [0.05, 0.1) is 0 Å². The molecule has 0 amide bonds. The summed E-state index contributed by atoms with van der Waals surface area (Å²) in [7, 11) is 0. The van der Waals surface area contributed by atoms with E-state index in [1.54, 1.807) is 0 Å². The van der Waals surface area contributed by atoms with E-state index in [4.69, 9.17) is 5.73 Å². The minimum atomic E-state index is 0.324. The normalized spacial score (nSPS) is 24.1. The molecular formula is C13H16N4. The maximum absolute atomic E-state index is 5.92. The van der Waals surface area contributed by atoms with Crippen LogP contribution in [0.3, 0.4) is 0 Å². The average molecular weight is 228 g/mol. The van der Waals surface area contributed by atoms with Crippen molar-refractivity contribution in [2.75, 3.05) is 0 Å². The van der Waals surface area contributed by atoms with E-state index in [1.807, 2.05) is 30.3 Å². The van der Waals surface area contributed by atoms with Crippen molar-refractivity contribution in [2.45, 2.75) is 31.2 Å². The quantitative estimate of drug-likeness (QED) is 0.826. The van der Waals surface area contributed by atoms with Crippen LogP contribution in [0.2, 0.25) is 0 Å². The van der Waals surface area contributed by atoms with Gasteiger partial charge in [-0.1, -0.05) is 30.3 Å². The fourth-order valence-corrected chi connectivity index (χ4v) is 2.44. The molecule has 17 heavy (non-hydrogen) atoms. The van der Waals surface area contributed by atoms with E-state index < -0.39 is 0 Å². The molecule has 2 atom stereocenters. The van der Waals surface area contributed by atoms with Gasteiger partial charge in [-0.05, 0) is 19.3 Å². The number of hydrogen-bond acceptors (Lipinski definition) is 3. The Labute approximate surface area is 100 Å². The Hall–Kier alpha value is -1.68. The zero-order valence-corrected chi connectivity index (χ0v) is 9.63. The Bertz CT molecular complexity index is 491. The average Bonchev–Trinajstić information content (AvgIpc) is 2.98. The van der Waals surface area contributed by atoms with E-state index in [9.17, 15) is 0 Å². The molecule has 0 unspecified atom stereocenters. The van der Waals surface area contributed by atoms with Gasteiger partial charge in [-0.25, -0.2) is 4.98 Å². The van der Waals surface area contributed by atoms with Crippen molar-refractivity contribution >= 4 is 0 Å². The summed E-state index contributed by atoms with van der Waals surface area (Å²) in [6, 6.07) is 10.4. The van der Waals surface area contributed by atoms with Gasteiger partial charge in [0.2, 0.25) is 0 Å². The van der Waals surface area contributed by atoms with E-state index in [2.05, 4.69) is 15.2 Å². The summed E-state index contributed by atoms with van der Waals surface area (Å²) in [4.78, 5) is 4.57. The van der Waals surface area contributed by atoms with Gasteiger partial charge in [0.25, 0.3) is 0 Å². The maximum atomic E-state index is 5.92. The van der Waals surface area contributed by atoms with Gasteiger partial charge in [-0.15, -0.1) is 0 Å². The number of H-pyrrole nitrogens is 1. The highest BCUT2D eigenvalue weighted by atomic mass is 15.2. The van der Waals surface area contributed by atoms with Crippen LogP contribution in [0.4, 0.5) is 0 Å². The lowest BCUT2D eigenvalue weighted by atomic mass is 10.1. The van der Waals surface area contributed by atoms with Crippen LogP contribution >= 0.6 is 0 Å². The lowest BCUT2D eigenvalue weighted by molar-refractivity contribution is 0.645. The summed E-state index contributed by atoms with van der Waals surface area (Å²) >= 11 is 0. The molecule has 3 rings (SSSR count). The molecule has 1 aliphatic carbocycles. The molecule has 1 aliphatic rings. The first-order chi connectivity index (χ1) is 8.33. The Morgan fingerprint density at radius 3 is 2.71 bits per heavy atom. The predicted octanol–water partition coefficient (Wildman–Crippen LogP) is 2.07. The molecule has 0 saturated heterocycles. The molecular weight excluding hydrogens is 212 g/mol. The summed E-state index contributed by atoms with van der Waals surface area (Å²) in [5, 5.41) is 7.33. The molecule has 4 nitrogen and oxygen atoms in total. The van der Waals surface area contributed by atoms with Gasteiger partial charge >= 0.3 is 0 Å². The van der Waals surface area contributed by atoms with Crippen LogP contribution in [0.5, 0.6) is 0 Å². The smallest absolute Gasteiger partial charge is 0.181 e. The standard InChI is InChI=1S/C13H16N4/c14-11-7-6-10(8-11)13-15-12(16-17-13)9-4-2-1-3-5-9/h1-5,10-11H,6-8,14H2,(H,15,16,17)/t10-,11+/m1/s1. The molecule has 0 aliphatic heterocycles. The zero-order valence-electron chi connectivity index (χ0n) is 9.63. The lowest BCUT2D eigenvalue weighted by Crippen LogP contribution is -2.14. The highest BCUT2D eigenvalue weighted by Crippen LogP contribution is 2.32. The van der Waals surface area contributed by atoms with Gasteiger partial charge in [-0.3, -0.25) is 5.10 Å². The van der Waals surface area contributed by atoms with Gasteiger partial charge < -0.3 is 5.73 Å². The van der Waals surface area contributed by atoms with Crippen molar-refractivity contribution in [1.82, 2.24) is 15.2 Å². The molecule has 4 heteroatoms. The Balaban J connectivity index is 1.84. The van der Waals surface area contributed by atoms with Crippen LogP contribution in [0.25, 0.3) is 11.4 Å². The predicted molar refractivity (Wildman–Crippen MR) is 66.4 cm³/mol. The highest BCUT2D eigenvalue weighted by Gasteiger charge is 2.25. The molecule has 1 aromatic heterocycles. The topological polar surface area (TPSA) is 67.6 Å². The summed E-state index contributed by atoms with van der Waals surface area (Å²) in [6.07, 6.45) is 3.22. The minimum Gasteiger partial charge on any atom is -0.328 e. The highest BCUT2D eigenvalue weighted by molar-refractivity contribution is 5.53. The molecule has 1 aromatic carbocycles. The largest absolute Gasteiger partial charge is 0.328 e. The molecule has 2 aromatic rings. The first kappa shape index (κ1) is 10.5. The van der Waals surface area contributed by atoms with Gasteiger partial charge in [-0.2, -0.15) is 5.10 Å². The van der Waals surface area contributed by atoms with Crippen molar-refractivity contribution in [3.05, 3.63) is 36.2 Å². The van der Waals surface area contributed by atoms with Crippen molar-refractivity contribution < 1.29 is 0 Å². The first-order valence-corrected chi connectivity index (χ1v) is 6.06. The second-order valence-corrected chi connectivity index (χ2v) is 4.68. The van der Waals surface area contributed by atoms with Crippen LogP contribution in [-0.4, -0.2) is 21.2 Å². The van der Waals surface area contributed by atoms with Gasteiger partial charge in [0.1, 0.15) is 5.82 Å². The minimum absolute atomic E-state index is 0.324. The van der Waals surface area contributed by atoms with E-state index in [1.165, 1.54) is 0 Å². The molecule has 88 valence electrons. The molecule has 0 radical (unpaired) electrons. The zero-order chi connectivity index (χ0) is 11.7. The van der Waals surface area contributed by atoms with Crippen molar-refractivity contribution in [3.63, 3.8) is 0 Å². The summed E-state index contributed by atoms with van der Waals surface area (Å²) < 4.78 is 0. The second-order valence-electron chi connectivity index (χ2n) is 4.68. The van der Waals surface area contributed by atoms with Gasteiger partial charge in [0.15, 0.2) is 5.82 Å². The third kappa shape index (κ3) is 2.08. The molecule has 1 heterocycles. The second kappa shape index (κ2) is 4.30. The Morgan fingerprint density at radius 1 is 1.18 bits per heavy atom. The molecule has 1 fully saturated rings. The summed E-state index contributed by atoms with van der Waals surface area (Å²) in [5.41, 5.74) is 6.97. The first-order valence-electron chi connectivity index (χ1n) is 6.06. The van der Waals surface area contributed by atoms with Crippen LogP contribution in [-0.2, 0) is 0 Å². The number of nitrogens with zero attached hydrogens (tertiary/aromatic N) is 2. The molecule has 3 N–H and O–H groups in total. The Morgan fingerprint density at radius 2 is 2.00 bits per heavy atom. The number of nitrogens with two attached hydrogens (primary N) is 1. The summed E-state index contributed by atoms with van der Waals surface area (Å²) in [6.45, 7) is 0. The van der Waals surface area contributed by atoms with E-state index >= 15 is 0 Å². The van der Waals surface area contributed by atoms with Crippen LogP contribution in [0.1, 0.15) is 31.0 Å². The fourth-order valence-electron chi connectivity index (χ4n) is 2.44. The number of rotatable bonds is 2. The fraction of sp³-hybridized carbons (Fsp3) is 0.385. The monoisotopic (exact) mass is 228 g/mol. The number of hydrogen-bond donors (Lipinski definition) is 2. The van der Waals surface area contributed by atoms with Crippen LogP contribution in [0.15, 0.2) is 30.3 Å².